The van der Waals surface area contributed by atoms with Crippen LogP contribution in [0.3, 0.4) is 0 Å². The van der Waals surface area contributed by atoms with Gasteiger partial charge < -0.3 is 15.7 Å². The van der Waals surface area contributed by atoms with Crippen LogP contribution in [0.1, 0.15) is 41.9 Å². The highest BCUT2D eigenvalue weighted by atomic mass is 32.1. The summed E-state index contributed by atoms with van der Waals surface area (Å²) in [6.45, 7) is 4.24. The molecule has 0 bridgehead atoms. The third-order valence-corrected chi connectivity index (χ3v) is 3.45. The van der Waals surface area contributed by atoms with Gasteiger partial charge in [0.2, 0.25) is 5.91 Å². The Labute approximate surface area is 128 Å². The Kier molecular flexibility index (Phi) is 7.51. The number of nitrogens with one attached hydrogen (secondary N) is 2. The summed E-state index contributed by atoms with van der Waals surface area (Å²) < 4.78 is 0. The molecule has 2 amide bonds. The molecular weight excluding hydrogens is 288 g/mol. The lowest BCUT2D eigenvalue weighted by Crippen LogP contribution is -2.44. The van der Waals surface area contributed by atoms with E-state index in [0.29, 0.717) is 18.5 Å². The van der Waals surface area contributed by atoms with Crippen LogP contribution in [0.4, 0.5) is 0 Å². The second-order valence-electron chi connectivity index (χ2n) is 4.46. The van der Waals surface area contributed by atoms with Crippen LogP contribution >= 0.6 is 11.3 Å². The fraction of sp³-hybridized carbons (Fsp3) is 0.467. The molecule has 0 aliphatic rings. The molecule has 5 nitrogen and oxygen atoms in total. The largest absolute Gasteiger partial charge is 0.395 e. The van der Waals surface area contributed by atoms with E-state index >= 15 is 0 Å². The van der Waals surface area contributed by atoms with E-state index in [1.165, 1.54) is 11.3 Å². The molecule has 1 aromatic heterocycles. The van der Waals surface area contributed by atoms with Crippen LogP contribution in [0.2, 0.25) is 0 Å². The number of rotatable bonds is 6. The third kappa shape index (κ3) is 5.98. The zero-order valence-corrected chi connectivity index (χ0v) is 13.0. The Morgan fingerprint density at radius 1 is 1.48 bits per heavy atom. The van der Waals surface area contributed by atoms with E-state index in [1.54, 1.807) is 18.4 Å². The Morgan fingerprint density at radius 3 is 2.90 bits per heavy atom. The van der Waals surface area contributed by atoms with Gasteiger partial charge in [-0.2, -0.15) is 0 Å². The lowest BCUT2D eigenvalue weighted by Gasteiger charge is -2.13. The number of aliphatic hydroxyl groups is 1. The van der Waals surface area contributed by atoms with E-state index in [-0.39, 0.29) is 18.4 Å². The van der Waals surface area contributed by atoms with Crippen LogP contribution in [-0.2, 0) is 4.79 Å². The monoisotopic (exact) mass is 308 g/mol. The lowest BCUT2D eigenvalue weighted by molar-refractivity contribution is -0.122. The van der Waals surface area contributed by atoms with Gasteiger partial charge in [-0.15, -0.1) is 11.3 Å². The zero-order chi connectivity index (χ0) is 15.7. The fourth-order valence-electron chi connectivity index (χ4n) is 1.47. The third-order valence-electron chi connectivity index (χ3n) is 2.60. The molecule has 0 saturated heterocycles. The van der Waals surface area contributed by atoms with E-state index in [0.717, 1.165) is 11.3 Å². The van der Waals surface area contributed by atoms with Gasteiger partial charge in [-0.1, -0.05) is 18.8 Å². The Balaban J connectivity index is 2.56. The first kappa shape index (κ1) is 17.2. The van der Waals surface area contributed by atoms with E-state index in [9.17, 15) is 9.59 Å². The van der Waals surface area contributed by atoms with Crippen molar-refractivity contribution in [1.29, 1.82) is 0 Å². The van der Waals surface area contributed by atoms with Crippen LogP contribution in [0.15, 0.2) is 11.4 Å². The average molecular weight is 308 g/mol. The number of amides is 2. The van der Waals surface area contributed by atoms with Crippen molar-refractivity contribution in [2.24, 2.45) is 0 Å². The summed E-state index contributed by atoms with van der Waals surface area (Å²) in [4.78, 5) is 24.4. The van der Waals surface area contributed by atoms with Crippen LogP contribution < -0.4 is 10.6 Å². The SMILES string of the molecule is CCCNC(=O)C(C)NC(=O)c1csc(C#CCCO)c1. The second-order valence-corrected chi connectivity index (χ2v) is 5.37. The van der Waals surface area contributed by atoms with Crippen LogP contribution in [-0.4, -0.2) is 36.1 Å². The number of aliphatic hydroxyl groups excluding tert-OH is 1. The van der Waals surface area contributed by atoms with Gasteiger partial charge in [0.1, 0.15) is 6.04 Å². The molecule has 21 heavy (non-hydrogen) atoms. The average Bonchev–Trinajstić information content (AvgIpc) is 2.93. The molecule has 3 N–H and O–H groups in total. The van der Waals surface area contributed by atoms with E-state index in [1.807, 2.05) is 6.92 Å². The number of carbonyl (C=O) groups excluding carboxylic acids is 2. The predicted octanol–water partition coefficient (Wildman–Crippen LogP) is 1.13. The van der Waals surface area contributed by atoms with Crippen molar-refractivity contribution in [3.63, 3.8) is 0 Å². The number of hydrogen-bond donors (Lipinski definition) is 3. The second kappa shape index (κ2) is 9.16. The van der Waals surface area contributed by atoms with E-state index in [2.05, 4.69) is 22.5 Å². The summed E-state index contributed by atoms with van der Waals surface area (Å²) in [5, 5.41) is 15.7. The van der Waals surface area contributed by atoms with Crippen molar-refractivity contribution in [2.45, 2.75) is 32.7 Å². The van der Waals surface area contributed by atoms with Gasteiger partial charge in [-0.3, -0.25) is 9.59 Å². The van der Waals surface area contributed by atoms with Gasteiger partial charge in [-0.25, -0.2) is 0 Å². The maximum atomic E-state index is 12.0. The summed E-state index contributed by atoms with van der Waals surface area (Å²) in [6, 6.07) is 1.11. The molecule has 0 aromatic carbocycles. The van der Waals surface area contributed by atoms with Gasteiger partial charge in [0.25, 0.3) is 5.91 Å². The molecule has 0 spiro atoms. The first-order chi connectivity index (χ1) is 10.1. The molecule has 0 radical (unpaired) electrons. The molecule has 0 saturated carbocycles. The molecule has 0 aliphatic carbocycles. The van der Waals surface area contributed by atoms with Crippen molar-refractivity contribution >= 4 is 23.2 Å². The van der Waals surface area contributed by atoms with Gasteiger partial charge in [-0.05, 0) is 19.4 Å². The van der Waals surface area contributed by atoms with Gasteiger partial charge in [0, 0.05) is 18.3 Å². The van der Waals surface area contributed by atoms with E-state index < -0.39 is 6.04 Å². The number of hydrogen-bond acceptors (Lipinski definition) is 4. The highest BCUT2D eigenvalue weighted by Gasteiger charge is 2.16. The maximum absolute atomic E-state index is 12.0. The zero-order valence-electron chi connectivity index (χ0n) is 12.2. The normalized spacial score (nSPS) is 11.2. The van der Waals surface area contributed by atoms with Crippen LogP contribution in [0.25, 0.3) is 0 Å². The molecule has 0 fully saturated rings. The molecular formula is C15H20N2O3S. The summed E-state index contributed by atoms with van der Waals surface area (Å²) in [7, 11) is 0. The van der Waals surface area contributed by atoms with Gasteiger partial charge in [0.05, 0.1) is 17.0 Å². The lowest BCUT2D eigenvalue weighted by atomic mass is 10.2. The quantitative estimate of drug-likeness (QED) is 0.689. The molecule has 1 aromatic rings. The summed E-state index contributed by atoms with van der Waals surface area (Å²) >= 11 is 1.36. The van der Waals surface area contributed by atoms with Crippen LogP contribution in [0, 0.1) is 11.8 Å². The minimum Gasteiger partial charge on any atom is -0.395 e. The first-order valence-electron chi connectivity index (χ1n) is 6.85. The fourth-order valence-corrected chi connectivity index (χ4v) is 2.23. The van der Waals surface area contributed by atoms with Gasteiger partial charge >= 0.3 is 0 Å². The minimum atomic E-state index is -0.576. The molecule has 1 unspecified atom stereocenters. The van der Waals surface area contributed by atoms with Crippen molar-refractivity contribution in [2.75, 3.05) is 13.2 Å². The summed E-state index contributed by atoms with van der Waals surface area (Å²) in [6.07, 6.45) is 1.26. The van der Waals surface area contributed by atoms with Crippen LogP contribution in [0.5, 0.6) is 0 Å². The van der Waals surface area contributed by atoms with Crippen molar-refractivity contribution in [3.8, 4) is 11.8 Å². The van der Waals surface area contributed by atoms with E-state index in [4.69, 9.17) is 5.11 Å². The molecule has 0 aliphatic heterocycles. The molecule has 1 heterocycles. The van der Waals surface area contributed by atoms with Crippen molar-refractivity contribution in [3.05, 3.63) is 21.9 Å². The molecule has 6 heteroatoms. The summed E-state index contributed by atoms with van der Waals surface area (Å²) in [5.41, 5.74) is 0.489. The molecule has 1 rings (SSSR count). The Hall–Kier alpha value is -1.84. The topological polar surface area (TPSA) is 78.4 Å². The summed E-state index contributed by atoms with van der Waals surface area (Å²) in [5.74, 6) is 5.19. The Morgan fingerprint density at radius 2 is 2.24 bits per heavy atom. The first-order valence-corrected chi connectivity index (χ1v) is 7.73. The number of thiophene rings is 1. The highest BCUT2D eigenvalue weighted by molar-refractivity contribution is 7.10. The standard InChI is InChI=1S/C15H20N2O3S/c1-3-7-16-14(19)11(2)17-15(20)12-9-13(21-10-12)6-4-5-8-18/h9-11,18H,3,5,7-8H2,1-2H3,(H,16,19)(H,17,20). The molecule has 114 valence electrons. The highest BCUT2D eigenvalue weighted by Crippen LogP contribution is 2.13. The maximum Gasteiger partial charge on any atom is 0.252 e. The van der Waals surface area contributed by atoms with Crippen molar-refractivity contribution < 1.29 is 14.7 Å². The predicted molar refractivity (Wildman–Crippen MR) is 83.1 cm³/mol. The number of carbonyl (C=O) groups is 2. The molecule has 1 atom stereocenters. The Bertz CT molecular complexity index is 543. The van der Waals surface area contributed by atoms with Crippen molar-refractivity contribution in [1.82, 2.24) is 10.6 Å². The smallest absolute Gasteiger partial charge is 0.252 e. The minimum absolute atomic E-state index is 0.0239. The van der Waals surface area contributed by atoms with Gasteiger partial charge in [0.15, 0.2) is 0 Å².